The zero-order valence-electron chi connectivity index (χ0n) is 39.3. The summed E-state index contributed by atoms with van der Waals surface area (Å²) in [5.41, 5.74) is 0. The van der Waals surface area contributed by atoms with E-state index in [0.717, 1.165) is 0 Å². The van der Waals surface area contributed by atoms with E-state index >= 15 is 0 Å². The van der Waals surface area contributed by atoms with Crippen molar-refractivity contribution in [2.75, 3.05) is 0 Å². The van der Waals surface area contributed by atoms with Crippen molar-refractivity contribution < 1.29 is 89.5 Å². The Labute approximate surface area is 351 Å². The van der Waals surface area contributed by atoms with Crippen LogP contribution in [0.25, 0.3) is 0 Å². The van der Waals surface area contributed by atoms with E-state index in [1.807, 2.05) is 138 Å². The third-order valence-corrected chi connectivity index (χ3v) is 8.43. The maximum atomic E-state index is 6.28. The Morgan fingerprint density at radius 2 is 0.421 bits per heavy atom. The normalized spacial score (nSPS) is 14.1. The summed E-state index contributed by atoms with van der Waals surface area (Å²) in [5.74, 6) is -7.17. The molecule has 0 bridgehead atoms. The molecule has 0 amide bonds. The quantitative estimate of drug-likeness (QED) is 0.0254. The molecule has 0 spiro atoms. The van der Waals surface area contributed by atoms with Crippen LogP contribution in [0.4, 0.5) is 0 Å². The van der Waals surface area contributed by atoms with Crippen molar-refractivity contribution in [2.24, 2.45) is 0 Å². The predicted octanol–water partition coefficient (Wildman–Crippen LogP) is 10.8. The van der Waals surface area contributed by atoms with Gasteiger partial charge in [0.1, 0.15) is 0 Å². The summed E-state index contributed by atoms with van der Waals surface area (Å²) in [5, 5.41) is 0. The molecule has 0 aromatic heterocycles. The van der Waals surface area contributed by atoms with Crippen molar-refractivity contribution in [2.45, 2.75) is 263 Å². The van der Waals surface area contributed by atoms with E-state index in [0.29, 0.717) is 25.7 Å². The van der Waals surface area contributed by atoms with Gasteiger partial charge in [0.2, 0.25) is 0 Å². The Kier molecular flexibility index (Phi) is 27.9. The molecule has 0 heterocycles. The molecule has 0 radical (unpaired) electrons. The van der Waals surface area contributed by atoms with Crippen LogP contribution in [0.15, 0.2) is 0 Å². The number of ether oxygens (including phenoxy) is 8. The first-order valence-electron chi connectivity index (χ1n) is 21.3. The van der Waals surface area contributed by atoms with Gasteiger partial charge in [0, 0.05) is 0 Å². The first kappa shape index (κ1) is 57.1. The van der Waals surface area contributed by atoms with Crippen LogP contribution >= 0.6 is 0 Å². The molecular weight excluding hydrogens is 784 g/mol. The summed E-state index contributed by atoms with van der Waals surface area (Å²) in [6.45, 7) is 37.2. The van der Waals surface area contributed by atoms with Gasteiger partial charge in [-0.25, -0.2) is 0 Å². The van der Waals surface area contributed by atoms with Crippen LogP contribution in [0.2, 0.25) is 0 Å². The second-order valence-electron chi connectivity index (χ2n) is 16.2. The van der Waals surface area contributed by atoms with Crippen molar-refractivity contribution in [3.8, 4) is 0 Å². The van der Waals surface area contributed by atoms with Gasteiger partial charge in [-0.3, -0.25) is 0 Å². The van der Waals surface area contributed by atoms with Gasteiger partial charge in [0.25, 0.3) is 0 Å². The summed E-state index contributed by atoms with van der Waals surface area (Å²) in [4.78, 5) is 24.8. The summed E-state index contributed by atoms with van der Waals surface area (Å²) in [7, 11) is 0. The van der Waals surface area contributed by atoms with Gasteiger partial charge in [-0.1, -0.05) is 0 Å². The molecule has 0 aromatic carbocycles. The Bertz CT molecular complexity index is 813. The number of hydrogen-bond acceptors (Lipinski definition) is 16. The average molecular weight is 869 g/mol. The van der Waals surface area contributed by atoms with Crippen LogP contribution in [-0.4, -0.2) is 72.7 Å². The molecule has 0 aliphatic rings. The molecule has 17 heteroatoms. The molecule has 0 aromatic rings. The molecule has 57 heavy (non-hydrogen) atoms. The van der Waals surface area contributed by atoms with Crippen LogP contribution in [-0.2, 0) is 89.5 Å². The fourth-order valence-corrected chi connectivity index (χ4v) is 7.24. The second-order valence-corrected chi connectivity index (χ2v) is 18.8. The van der Waals surface area contributed by atoms with Gasteiger partial charge >= 0.3 is 352 Å². The van der Waals surface area contributed by atoms with E-state index in [1.165, 1.54) is 0 Å². The molecular formula is C40H84O16Ti. The molecule has 0 N–H and O–H groups in total. The van der Waals surface area contributed by atoms with Gasteiger partial charge < -0.3 is 0 Å². The van der Waals surface area contributed by atoms with Crippen LogP contribution in [0.1, 0.15) is 190 Å². The van der Waals surface area contributed by atoms with Crippen LogP contribution in [0.5, 0.6) is 0 Å². The van der Waals surface area contributed by atoms with Crippen molar-refractivity contribution >= 4 is 0 Å². The van der Waals surface area contributed by atoms with E-state index in [1.54, 1.807) is 0 Å². The van der Waals surface area contributed by atoms with Crippen molar-refractivity contribution in [1.29, 1.82) is 0 Å². The third-order valence-electron chi connectivity index (χ3n) is 6.63. The zero-order valence-corrected chi connectivity index (χ0v) is 40.9. The SMILES string of the molecule is CCCC(O[O][Ti]([O]OC(CCC)(OC(C)C)OC(C)C)([O]OC(CCC)(OC(C)C)OC(C)C)[O]OC(CCC)(OC(C)C)OC(C)C)(OC(C)C)OC(C)C. The Morgan fingerprint density at radius 1 is 0.281 bits per heavy atom. The predicted molar refractivity (Wildman–Crippen MR) is 209 cm³/mol. The number of hydrogen-bond donors (Lipinski definition) is 0. The van der Waals surface area contributed by atoms with Gasteiger partial charge in [0.05, 0.1) is 0 Å². The molecule has 344 valence electrons. The Hall–Kier alpha value is 0.0743. The first-order valence-corrected chi connectivity index (χ1v) is 23.8. The fraction of sp³-hybridized carbons (Fsp3) is 1.00. The van der Waals surface area contributed by atoms with E-state index in [9.17, 15) is 0 Å². The minimum absolute atomic E-state index is 0.219. The van der Waals surface area contributed by atoms with Crippen LogP contribution < -0.4 is 0 Å². The molecule has 0 aliphatic heterocycles. The van der Waals surface area contributed by atoms with Crippen molar-refractivity contribution in [3.05, 3.63) is 0 Å². The number of rotatable bonds is 36. The van der Waals surface area contributed by atoms with Crippen LogP contribution in [0, 0.1) is 0 Å². The first-order chi connectivity index (χ1) is 26.4. The monoisotopic (exact) mass is 869 g/mol. The summed E-state index contributed by atoms with van der Waals surface area (Å²) in [6.07, 6.45) is 0.0918. The van der Waals surface area contributed by atoms with Gasteiger partial charge in [0.15, 0.2) is 0 Å². The molecule has 0 unspecified atom stereocenters. The summed E-state index contributed by atoms with van der Waals surface area (Å²) >= 11 is -6.05. The maximum absolute atomic E-state index is 6.28. The van der Waals surface area contributed by atoms with E-state index in [-0.39, 0.29) is 74.5 Å². The molecule has 16 nitrogen and oxygen atoms in total. The summed E-state index contributed by atoms with van der Waals surface area (Å²) < 4.78 is 75.3. The Balaban J connectivity index is 8.07. The Morgan fingerprint density at radius 3 is 0.526 bits per heavy atom. The molecule has 0 rings (SSSR count). The van der Waals surface area contributed by atoms with Gasteiger partial charge in [-0.05, 0) is 0 Å². The van der Waals surface area contributed by atoms with E-state index in [4.69, 9.17) is 71.3 Å². The van der Waals surface area contributed by atoms with E-state index < -0.39 is 42.0 Å². The molecule has 0 saturated heterocycles. The zero-order chi connectivity index (χ0) is 44.1. The standard InChI is InChI=1S/4C10H22O4.Ti/c4*1-6-7-10(14-11,12-8(2)3)13-9(4)5;/h4*8-9,11H,6-7H2,1-5H3;/q;;;;+4/p-4. The molecule has 0 fully saturated rings. The minimum atomic E-state index is -6.05. The molecule has 0 saturated carbocycles. The topological polar surface area (TPSA) is 148 Å². The van der Waals surface area contributed by atoms with Gasteiger partial charge in [-0.15, -0.1) is 0 Å². The van der Waals surface area contributed by atoms with Crippen LogP contribution in [0.3, 0.4) is 0 Å². The van der Waals surface area contributed by atoms with Crippen molar-refractivity contribution in [3.63, 3.8) is 0 Å². The molecule has 0 atom stereocenters. The van der Waals surface area contributed by atoms with Crippen molar-refractivity contribution in [1.82, 2.24) is 0 Å². The average Bonchev–Trinajstić information content (AvgIpc) is 3.02. The fourth-order valence-electron chi connectivity index (χ4n) is 5.55. The molecule has 0 aliphatic carbocycles. The van der Waals surface area contributed by atoms with E-state index in [2.05, 4.69) is 0 Å². The van der Waals surface area contributed by atoms with Gasteiger partial charge in [-0.2, -0.15) is 0 Å². The third kappa shape index (κ3) is 23.2. The second kappa shape index (κ2) is 27.9. The summed E-state index contributed by atoms with van der Waals surface area (Å²) in [6, 6.07) is 0.